The number of aromatic hydroxyl groups is 1. The summed E-state index contributed by atoms with van der Waals surface area (Å²) in [6, 6.07) is 16.9. The number of aromatic nitrogens is 1. The Bertz CT molecular complexity index is 1430. The first-order valence-electron chi connectivity index (χ1n) is 10.6. The van der Waals surface area contributed by atoms with E-state index in [0.717, 1.165) is 6.07 Å². The fraction of sp³-hybridized carbons (Fsp3) is 0.185. The topological polar surface area (TPSA) is 75.2 Å². The highest BCUT2D eigenvalue weighted by Crippen LogP contribution is 2.47. The van der Waals surface area contributed by atoms with Crippen molar-refractivity contribution < 1.29 is 23.4 Å². The molecule has 34 heavy (non-hydrogen) atoms. The second-order valence-electron chi connectivity index (χ2n) is 8.64. The summed E-state index contributed by atoms with van der Waals surface area (Å²) in [4.78, 5) is 11.9. The summed E-state index contributed by atoms with van der Waals surface area (Å²) in [6.07, 6.45) is 0.126. The highest BCUT2D eigenvalue weighted by Gasteiger charge is 2.33. The normalized spacial score (nSPS) is 11.4. The molecule has 0 amide bonds. The molecule has 1 N–H and O–H groups in total. The van der Waals surface area contributed by atoms with E-state index >= 15 is 0 Å². The standard InChI is InChI=1S/C27H22F2N2O3/c1-27(2,12-13-30)25-23(16-4-6-17(7-5-16)26(33)34-3)24-21(14-19(29)15-22(24)32)31(25)20-10-8-18(28)9-11-20/h4-11,14-15,32H,12H2,1-3H3. The van der Waals surface area contributed by atoms with Crippen molar-refractivity contribution in [3.63, 3.8) is 0 Å². The van der Waals surface area contributed by atoms with Crippen LogP contribution in [0.4, 0.5) is 8.78 Å². The maximum atomic E-state index is 14.5. The number of rotatable bonds is 5. The van der Waals surface area contributed by atoms with Crippen molar-refractivity contribution in [1.82, 2.24) is 4.57 Å². The molecule has 1 heterocycles. The predicted octanol–water partition coefficient (Wildman–Crippen LogP) is 6.26. The van der Waals surface area contributed by atoms with Gasteiger partial charge in [0.1, 0.15) is 17.4 Å². The van der Waals surface area contributed by atoms with Crippen molar-refractivity contribution in [3.05, 3.63) is 83.6 Å². The Morgan fingerprint density at radius 3 is 2.29 bits per heavy atom. The number of esters is 1. The summed E-state index contributed by atoms with van der Waals surface area (Å²) in [7, 11) is 1.29. The molecule has 0 unspecified atom stereocenters. The Morgan fingerprint density at radius 2 is 1.71 bits per heavy atom. The van der Waals surface area contributed by atoms with Gasteiger partial charge in [0.2, 0.25) is 0 Å². The maximum absolute atomic E-state index is 14.5. The van der Waals surface area contributed by atoms with Gasteiger partial charge in [-0.25, -0.2) is 13.6 Å². The van der Waals surface area contributed by atoms with Crippen LogP contribution < -0.4 is 0 Å². The van der Waals surface area contributed by atoms with Gasteiger partial charge < -0.3 is 14.4 Å². The third-order valence-electron chi connectivity index (χ3n) is 5.85. The van der Waals surface area contributed by atoms with Gasteiger partial charge in [0.15, 0.2) is 0 Å². The van der Waals surface area contributed by atoms with E-state index in [0.29, 0.717) is 39.0 Å². The molecular formula is C27H22F2N2O3. The second kappa shape index (κ2) is 8.64. The Hall–Kier alpha value is -4.18. The summed E-state index contributed by atoms with van der Waals surface area (Å²) in [5, 5.41) is 20.8. The first-order valence-corrected chi connectivity index (χ1v) is 10.6. The monoisotopic (exact) mass is 460 g/mol. The number of halogens is 2. The smallest absolute Gasteiger partial charge is 0.337 e. The first kappa shape index (κ1) is 23.0. The molecular weight excluding hydrogens is 438 g/mol. The van der Waals surface area contributed by atoms with Gasteiger partial charge in [-0.3, -0.25) is 0 Å². The second-order valence-corrected chi connectivity index (χ2v) is 8.64. The van der Waals surface area contributed by atoms with E-state index in [1.165, 1.54) is 25.3 Å². The average molecular weight is 460 g/mol. The number of ether oxygens (including phenoxy) is 1. The number of nitrogens with zero attached hydrogens (tertiary/aromatic N) is 2. The number of hydrogen-bond donors (Lipinski definition) is 1. The van der Waals surface area contributed by atoms with Crippen molar-refractivity contribution >= 4 is 16.9 Å². The number of carbonyl (C=O) groups excluding carboxylic acids is 1. The van der Waals surface area contributed by atoms with Crippen LogP contribution in [0.2, 0.25) is 0 Å². The lowest BCUT2D eigenvalue weighted by Gasteiger charge is -2.26. The summed E-state index contributed by atoms with van der Waals surface area (Å²) in [5.41, 5.74) is 2.41. The Balaban J connectivity index is 2.16. The van der Waals surface area contributed by atoms with E-state index in [2.05, 4.69) is 6.07 Å². The molecule has 0 aliphatic rings. The molecule has 0 aliphatic carbocycles. The number of carbonyl (C=O) groups is 1. The number of nitriles is 1. The van der Waals surface area contributed by atoms with Crippen LogP contribution in [0.1, 0.15) is 36.3 Å². The molecule has 3 aromatic carbocycles. The lowest BCUT2D eigenvalue weighted by atomic mass is 9.81. The number of fused-ring (bicyclic) bond motifs is 1. The minimum Gasteiger partial charge on any atom is -0.507 e. The van der Waals surface area contributed by atoms with Crippen LogP contribution in [0, 0.1) is 23.0 Å². The van der Waals surface area contributed by atoms with Gasteiger partial charge in [-0.1, -0.05) is 26.0 Å². The molecule has 0 atom stereocenters. The van der Waals surface area contributed by atoms with Gasteiger partial charge in [0.25, 0.3) is 0 Å². The third-order valence-corrected chi connectivity index (χ3v) is 5.85. The molecule has 7 heteroatoms. The molecule has 172 valence electrons. The van der Waals surface area contributed by atoms with Crippen LogP contribution in [0.15, 0.2) is 60.7 Å². The van der Waals surface area contributed by atoms with E-state index in [9.17, 15) is 23.9 Å². The van der Waals surface area contributed by atoms with E-state index in [1.807, 2.05) is 13.8 Å². The number of hydrogen-bond acceptors (Lipinski definition) is 4. The molecule has 4 rings (SSSR count). The van der Waals surface area contributed by atoms with Crippen molar-refractivity contribution in [2.75, 3.05) is 7.11 Å². The van der Waals surface area contributed by atoms with Gasteiger partial charge in [0, 0.05) is 34.8 Å². The molecule has 1 aromatic heterocycles. The van der Waals surface area contributed by atoms with Crippen LogP contribution in [0.25, 0.3) is 27.7 Å². The molecule has 0 fully saturated rings. The van der Waals surface area contributed by atoms with Crippen molar-refractivity contribution in [2.24, 2.45) is 0 Å². The van der Waals surface area contributed by atoms with Crippen LogP contribution in [0.5, 0.6) is 5.75 Å². The Morgan fingerprint density at radius 1 is 1.06 bits per heavy atom. The highest BCUT2D eigenvalue weighted by molar-refractivity contribution is 6.04. The van der Waals surface area contributed by atoms with Crippen LogP contribution in [0.3, 0.4) is 0 Å². The summed E-state index contributed by atoms with van der Waals surface area (Å²) in [6.45, 7) is 3.76. The summed E-state index contributed by atoms with van der Waals surface area (Å²) < 4.78 is 34.7. The van der Waals surface area contributed by atoms with E-state index in [-0.39, 0.29) is 12.2 Å². The fourth-order valence-corrected chi connectivity index (χ4v) is 4.31. The van der Waals surface area contributed by atoms with Crippen molar-refractivity contribution in [2.45, 2.75) is 25.7 Å². The molecule has 0 bridgehead atoms. The lowest BCUT2D eigenvalue weighted by Crippen LogP contribution is -2.21. The first-order chi connectivity index (χ1) is 16.2. The lowest BCUT2D eigenvalue weighted by molar-refractivity contribution is 0.0600. The largest absolute Gasteiger partial charge is 0.507 e. The number of phenols is 1. The van der Waals surface area contributed by atoms with Gasteiger partial charge in [-0.05, 0) is 48.0 Å². The molecule has 4 aromatic rings. The van der Waals surface area contributed by atoms with Gasteiger partial charge in [0.05, 0.1) is 29.6 Å². The quantitative estimate of drug-likeness (QED) is 0.357. The zero-order valence-electron chi connectivity index (χ0n) is 18.9. The van der Waals surface area contributed by atoms with Gasteiger partial charge >= 0.3 is 5.97 Å². The fourth-order valence-electron chi connectivity index (χ4n) is 4.31. The molecule has 5 nitrogen and oxygen atoms in total. The van der Waals surface area contributed by atoms with Gasteiger partial charge in [-0.2, -0.15) is 5.26 Å². The molecule has 0 radical (unpaired) electrons. The number of benzene rings is 3. The molecule has 0 saturated heterocycles. The Kier molecular flexibility index (Phi) is 5.84. The number of methoxy groups -OCH3 is 1. The summed E-state index contributed by atoms with van der Waals surface area (Å²) in [5.74, 6) is -1.82. The third kappa shape index (κ3) is 3.88. The SMILES string of the molecule is COC(=O)c1ccc(-c2c(C(C)(C)CC#N)n(-c3ccc(F)cc3)c3cc(F)cc(O)c23)cc1. The number of phenolic OH excluding ortho intramolecular Hbond substituents is 1. The zero-order valence-corrected chi connectivity index (χ0v) is 18.9. The van der Waals surface area contributed by atoms with Gasteiger partial charge in [-0.15, -0.1) is 0 Å². The van der Waals surface area contributed by atoms with Crippen molar-refractivity contribution in [1.29, 1.82) is 5.26 Å². The average Bonchev–Trinajstić information content (AvgIpc) is 3.15. The highest BCUT2D eigenvalue weighted by atomic mass is 19.1. The zero-order chi connectivity index (χ0) is 24.6. The van der Waals surface area contributed by atoms with E-state index in [1.54, 1.807) is 41.0 Å². The minimum atomic E-state index is -0.749. The summed E-state index contributed by atoms with van der Waals surface area (Å²) >= 11 is 0. The molecule has 0 spiro atoms. The predicted molar refractivity (Wildman–Crippen MR) is 125 cm³/mol. The minimum absolute atomic E-state index is 0.126. The van der Waals surface area contributed by atoms with Crippen LogP contribution in [-0.2, 0) is 10.2 Å². The Labute approximate surface area is 195 Å². The maximum Gasteiger partial charge on any atom is 0.337 e. The van der Waals surface area contributed by atoms with Crippen LogP contribution >= 0.6 is 0 Å². The van der Waals surface area contributed by atoms with Crippen molar-refractivity contribution in [3.8, 4) is 28.6 Å². The van der Waals surface area contributed by atoms with E-state index < -0.39 is 23.0 Å². The molecule has 0 saturated carbocycles. The van der Waals surface area contributed by atoms with Crippen LogP contribution in [-0.4, -0.2) is 22.8 Å². The van der Waals surface area contributed by atoms with E-state index in [4.69, 9.17) is 4.74 Å². The molecule has 0 aliphatic heterocycles.